The van der Waals surface area contributed by atoms with E-state index in [9.17, 15) is 39.9 Å². The number of alkyl halides is 8. The molecule has 32 heavy (non-hydrogen) atoms. The van der Waals surface area contributed by atoms with Crippen LogP contribution in [0.2, 0.25) is 0 Å². The van der Waals surface area contributed by atoms with Crippen LogP contribution in [0.3, 0.4) is 0 Å². The molecule has 1 aromatic carbocycles. The Morgan fingerprint density at radius 3 is 1.94 bits per heavy atom. The predicted molar refractivity (Wildman–Crippen MR) is 100 cm³/mol. The van der Waals surface area contributed by atoms with Crippen molar-refractivity contribution in [1.29, 1.82) is 0 Å². The molecule has 1 unspecified atom stereocenters. The Morgan fingerprint density at radius 1 is 0.875 bits per heavy atom. The molecule has 2 atom stereocenters. The lowest BCUT2D eigenvalue weighted by atomic mass is 9.86. The van der Waals surface area contributed by atoms with E-state index in [1.807, 2.05) is 0 Å². The smallest absolute Gasteiger partial charge is 0.349 e. The molecule has 11 heteroatoms. The summed E-state index contributed by atoms with van der Waals surface area (Å²) in [6.45, 7) is 0.560. The van der Waals surface area contributed by atoms with Crippen LogP contribution >= 0.6 is 0 Å². The molecule has 0 heterocycles. The summed E-state index contributed by atoms with van der Waals surface area (Å²) in [5.41, 5.74) is -3.78. The number of nitrogens with one attached hydrogen (secondary N) is 2. The molecule has 2 aliphatic rings. The fourth-order valence-electron chi connectivity index (χ4n) is 4.29. The minimum absolute atomic E-state index is 0.00465. The Bertz CT molecular complexity index is 779. The van der Waals surface area contributed by atoms with Crippen molar-refractivity contribution in [2.45, 2.75) is 75.3 Å². The Kier molecular flexibility index (Phi) is 7.07. The zero-order valence-electron chi connectivity index (χ0n) is 17.1. The molecule has 0 aromatic heterocycles. The third-order valence-electron chi connectivity index (χ3n) is 6.15. The third kappa shape index (κ3) is 6.55. The summed E-state index contributed by atoms with van der Waals surface area (Å²) in [5.74, 6) is -3.47. The minimum Gasteiger partial charge on any atom is -0.349 e. The number of benzene rings is 1. The van der Waals surface area contributed by atoms with Crippen LogP contribution in [-0.4, -0.2) is 30.5 Å². The van der Waals surface area contributed by atoms with E-state index < -0.39 is 46.9 Å². The maximum Gasteiger partial charge on any atom is 0.416 e. The standard InChI is InChI=1S/C21H24F8N2O/c22-19(23)5-3-12(4-6-19)11-30-16-1-2-17(10-16)31-18(32)13-7-14(20(24,25)26)9-15(8-13)21(27,28)29/h7-9,12,16-17,30H,1-6,10-11H2,(H,31,32)/t16-,17?/m0/s1. The first-order valence-electron chi connectivity index (χ1n) is 10.4. The first-order valence-corrected chi connectivity index (χ1v) is 10.4. The molecule has 2 fully saturated rings. The third-order valence-corrected chi connectivity index (χ3v) is 6.15. The average molecular weight is 472 g/mol. The van der Waals surface area contributed by atoms with E-state index in [1.165, 1.54) is 0 Å². The van der Waals surface area contributed by atoms with Crippen LogP contribution in [-0.2, 0) is 12.4 Å². The van der Waals surface area contributed by atoms with Gasteiger partial charge in [-0.3, -0.25) is 4.79 Å². The molecular formula is C21H24F8N2O. The van der Waals surface area contributed by atoms with Crippen LogP contribution in [0.4, 0.5) is 35.1 Å². The normalized spacial score (nSPS) is 24.5. The fourth-order valence-corrected chi connectivity index (χ4v) is 4.29. The quantitative estimate of drug-likeness (QED) is 0.533. The van der Waals surface area contributed by atoms with Crippen LogP contribution < -0.4 is 10.6 Å². The summed E-state index contributed by atoms with van der Waals surface area (Å²) < 4.78 is 104. The van der Waals surface area contributed by atoms with E-state index in [1.54, 1.807) is 0 Å². The second-order valence-electron chi connectivity index (χ2n) is 8.68. The van der Waals surface area contributed by atoms with Gasteiger partial charge in [0.15, 0.2) is 0 Å². The second kappa shape index (κ2) is 9.15. The van der Waals surface area contributed by atoms with Crippen molar-refractivity contribution in [3.8, 4) is 0 Å². The van der Waals surface area contributed by atoms with Crippen LogP contribution in [0.25, 0.3) is 0 Å². The average Bonchev–Trinajstić information content (AvgIpc) is 3.12. The van der Waals surface area contributed by atoms with Crippen LogP contribution in [0.15, 0.2) is 18.2 Å². The molecule has 1 aromatic rings. The number of hydrogen-bond acceptors (Lipinski definition) is 2. The van der Waals surface area contributed by atoms with E-state index in [0.29, 0.717) is 50.8 Å². The van der Waals surface area contributed by atoms with Crippen molar-refractivity contribution >= 4 is 5.91 Å². The van der Waals surface area contributed by atoms with E-state index in [-0.39, 0.29) is 30.9 Å². The van der Waals surface area contributed by atoms with E-state index in [2.05, 4.69) is 10.6 Å². The van der Waals surface area contributed by atoms with Gasteiger partial charge in [0.1, 0.15) is 0 Å². The van der Waals surface area contributed by atoms with E-state index in [4.69, 9.17) is 0 Å². The van der Waals surface area contributed by atoms with Gasteiger partial charge >= 0.3 is 12.4 Å². The van der Waals surface area contributed by atoms with Gasteiger partial charge in [-0.15, -0.1) is 0 Å². The molecule has 0 bridgehead atoms. The van der Waals surface area contributed by atoms with Crippen molar-refractivity contribution < 1.29 is 39.9 Å². The van der Waals surface area contributed by atoms with Crippen molar-refractivity contribution in [3.05, 3.63) is 34.9 Å². The summed E-state index contributed by atoms with van der Waals surface area (Å²) in [6.07, 6.45) is -7.86. The zero-order chi connectivity index (χ0) is 23.7. The molecule has 180 valence electrons. The fraction of sp³-hybridized carbons (Fsp3) is 0.667. The van der Waals surface area contributed by atoms with E-state index in [0.717, 1.165) is 0 Å². The molecule has 2 saturated carbocycles. The van der Waals surface area contributed by atoms with Crippen molar-refractivity contribution in [3.63, 3.8) is 0 Å². The number of hydrogen-bond donors (Lipinski definition) is 2. The molecule has 3 rings (SSSR count). The summed E-state index contributed by atoms with van der Waals surface area (Å²) in [5, 5.41) is 5.80. The molecule has 3 nitrogen and oxygen atoms in total. The van der Waals surface area contributed by atoms with Crippen LogP contribution in [0, 0.1) is 5.92 Å². The van der Waals surface area contributed by atoms with Crippen molar-refractivity contribution in [2.24, 2.45) is 5.92 Å². The van der Waals surface area contributed by atoms with Gasteiger partial charge in [0.05, 0.1) is 11.1 Å². The summed E-state index contributed by atoms with van der Waals surface area (Å²) in [4.78, 5) is 12.4. The lowest BCUT2D eigenvalue weighted by Crippen LogP contribution is -2.37. The lowest BCUT2D eigenvalue weighted by molar-refractivity contribution is -0.143. The molecule has 0 saturated heterocycles. The van der Waals surface area contributed by atoms with Crippen molar-refractivity contribution in [1.82, 2.24) is 10.6 Å². The molecule has 1 amide bonds. The highest BCUT2D eigenvalue weighted by Crippen LogP contribution is 2.37. The monoisotopic (exact) mass is 472 g/mol. The Morgan fingerprint density at radius 2 is 1.41 bits per heavy atom. The van der Waals surface area contributed by atoms with Gasteiger partial charge in [0.25, 0.3) is 5.91 Å². The van der Waals surface area contributed by atoms with Gasteiger partial charge in [0.2, 0.25) is 5.92 Å². The molecule has 2 aliphatic carbocycles. The molecule has 0 radical (unpaired) electrons. The molecular weight excluding hydrogens is 448 g/mol. The van der Waals surface area contributed by atoms with Gasteiger partial charge in [-0.25, -0.2) is 8.78 Å². The second-order valence-corrected chi connectivity index (χ2v) is 8.68. The summed E-state index contributed by atoms with van der Waals surface area (Å²) in [6, 6.07) is 0.393. The Labute approximate surface area is 179 Å². The van der Waals surface area contributed by atoms with E-state index >= 15 is 0 Å². The van der Waals surface area contributed by atoms with Gasteiger partial charge in [-0.1, -0.05) is 0 Å². The largest absolute Gasteiger partial charge is 0.416 e. The van der Waals surface area contributed by atoms with Gasteiger partial charge in [-0.05, 0) is 62.8 Å². The maximum atomic E-state index is 13.2. The lowest BCUT2D eigenvalue weighted by Gasteiger charge is -2.29. The van der Waals surface area contributed by atoms with Crippen LogP contribution in [0.1, 0.15) is 66.4 Å². The van der Waals surface area contributed by atoms with Gasteiger partial charge in [-0.2, -0.15) is 26.3 Å². The number of carbonyl (C=O) groups excluding carboxylic acids is 1. The zero-order valence-corrected chi connectivity index (χ0v) is 17.1. The SMILES string of the molecule is O=C(NC1CC[C@H](NCC2CCC(F)(F)CC2)C1)c1cc(C(F)(F)F)cc(C(F)(F)F)c1. The number of amides is 1. The summed E-state index contributed by atoms with van der Waals surface area (Å²) >= 11 is 0. The highest BCUT2D eigenvalue weighted by atomic mass is 19.4. The predicted octanol–water partition coefficient (Wildman–Crippen LogP) is 5.79. The number of carbonyl (C=O) groups is 1. The first-order chi connectivity index (χ1) is 14.7. The minimum atomic E-state index is -5.03. The number of rotatable bonds is 5. The molecule has 0 spiro atoms. The first kappa shape index (κ1) is 24.7. The highest BCUT2D eigenvalue weighted by molar-refractivity contribution is 5.94. The Balaban J connectivity index is 1.56. The van der Waals surface area contributed by atoms with Gasteiger partial charge < -0.3 is 10.6 Å². The maximum absolute atomic E-state index is 13.2. The molecule has 2 N–H and O–H groups in total. The molecule has 0 aliphatic heterocycles. The highest BCUT2D eigenvalue weighted by Gasteiger charge is 2.38. The summed E-state index contributed by atoms with van der Waals surface area (Å²) in [7, 11) is 0. The topological polar surface area (TPSA) is 41.1 Å². The number of halogens is 8. The van der Waals surface area contributed by atoms with Gasteiger partial charge in [0, 0.05) is 30.5 Å². The Hall–Kier alpha value is -1.91. The van der Waals surface area contributed by atoms with Crippen LogP contribution in [0.5, 0.6) is 0 Å². The van der Waals surface area contributed by atoms with Crippen molar-refractivity contribution in [2.75, 3.05) is 6.54 Å².